The van der Waals surface area contributed by atoms with Crippen LogP contribution in [0.2, 0.25) is 0 Å². The fraction of sp³-hybridized carbons (Fsp3) is 0.381. The van der Waals surface area contributed by atoms with Crippen LogP contribution in [0, 0.1) is 5.82 Å². The van der Waals surface area contributed by atoms with E-state index in [1.807, 2.05) is 35.2 Å². The van der Waals surface area contributed by atoms with Crippen molar-refractivity contribution in [1.29, 1.82) is 0 Å². The van der Waals surface area contributed by atoms with Crippen LogP contribution in [0.3, 0.4) is 0 Å². The van der Waals surface area contributed by atoms with Gasteiger partial charge in [-0.05, 0) is 23.8 Å². The van der Waals surface area contributed by atoms with E-state index in [1.54, 1.807) is 12.1 Å². The normalized spacial score (nSPS) is 19.8. The van der Waals surface area contributed by atoms with Gasteiger partial charge in [0.1, 0.15) is 11.9 Å². The molecule has 2 heterocycles. The van der Waals surface area contributed by atoms with E-state index in [2.05, 4.69) is 5.32 Å². The average molecular weight is 385 g/mol. The van der Waals surface area contributed by atoms with Crippen LogP contribution < -0.4 is 15.1 Å². The molecule has 7 heteroatoms. The van der Waals surface area contributed by atoms with Gasteiger partial charge in [0, 0.05) is 26.2 Å². The van der Waals surface area contributed by atoms with Crippen molar-refractivity contribution in [2.75, 3.05) is 49.2 Å². The molecule has 0 radical (unpaired) electrons. The van der Waals surface area contributed by atoms with Crippen LogP contribution in [0.5, 0.6) is 0 Å². The third-order valence-corrected chi connectivity index (χ3v) is 5.01. The smallest absolute Gasteiger partial charge is 0.414 e. The number of rotatable bonds is 6. The Morgan fingerprint density at radius 1 is 1.11 bits per heavy atom. The van der Waals surface area contributed by atoms with Crippen LogP contribution >= 0.6 is 0 Å². The SMILES string of the molecule is O=C1O[C@@H](CNCc2ccccc2)CN1c1ccc(N2CCOCC2)c(F)c1. The molecule has 2 aromatic rings. The Hall–Kier alpha value is -2.64. The molecule has 2 saturated heterocycles. The number of carbonyl (C=O) groups excluding carboxylic acids is 1. The molecule has 0 saturated carbocycles. The number of benzene rings is 2. The molecule has 148 valence electrons. The number of amides is 1. The molecule has 0 aliphatic carbocycles. The van der Waals surface area contributed by atoms with Crippen molar-refractivity contribution in [2.45, 2.75) is 12.6 Å². The minimum Gasteiger partial charge on any atom is -0.443 e. The molecule has 0 unspecified atom stereocenters. The molecule has 0 spiro atoms. The van der Waals surface area contributed by atoms with Crippen molar-refractivity contribution in [3.8, 4) is 0 Å². The summed E-state index contributed by atoms with van der Waals surface area (Å²) in [4.78, 5) is 15.7. The van der Waals surface area contributed by atoms with Gasteiger partial charge in [-0.15, -0.1) is 0 Å². The minimum absolute atomic E-state index is 0.266. The summed E-state index contributed by atoms with van der Waals surface area (Å²) in [5, 5.41) is 3.30. The average Bonchev–Trinajstić information content (AvgIpc) is 3.10. The summed E-state index contributed by atoms with van der Waals surface area (Å²) in [5.74, 6) is -0.335. The molecule has 2 aromatic carbocycles. The number of ether oxygens (including phenoxy) is 2. The monoisotopic (exact) mass is 385 g/mol. The zero-order valence-electron chi connectivity index (χ0n) is 15.6. The van der Waals surface area contributed by atoms with E-state index in [1.165, 1.54) is 16.5 Å². The molecule has 28 heavy (non-hydrogen) atoms. The Labute approximate surface area is 163 Å². The first-order chi connectivity index (χ1) is 13.7. The zero-order chi connectivity index (χ0) is 19.3. The summed E-state index contributed by atoms with van der Waals surface area (Å²) in [7, 11) is 0. The van der Waals surface area contributed by atoms with E-state index in [0.29, 0.717) is 57.3 Å². The van der Waals surface area contributed by atoms with E-state index in [9.17, 15) is 9.18 Å². The first-order valence-electron chi connectivity index (χ1n) is 9.56. The first kappa shape index (κ1) is 18.7. The highest BCUT2D eigenvalue weighted by Crippen LogP contribution is 2.28. The molecule has 2 fully saturated rings. The molecule has 1 amide bonds. The predicted octanol–water partition coefficient (Wildman–Crippen LogP) is 2.78. The van der Waals surface area contributed by atoms with Crippen LogP contribution in [-0.4, -0.2) is 51.6 Å². The van der Waals surface area contributed by atoms with Crippen molar-refractivity contribution in [3.63, 3.8) is 0 Å². The van der Waals surface area contributed by atoms with Crippen LogP contribution in [-0.2, 0) is 16.0 Å². The van der Waals surface area contributed by atoms with Gasteiger partial charge < -0.3 is 19.7 Å². The van der Waals surface area contributed by atoms with E-state index >= 15 is 0 Å². The van der Waals surface area contributed by atoms with Gasteiger partial charge in [0.2, 0.25) is 0 Å². The highest BCUT2D eigenvalue weighted by Gasteiger charge is 2.32. The molecular weight excluding hydrogens is 361 g/mol. The Morgan fingerprint density at radius 2 is 1.89 bits per heavy atom. The predicted molar refractivity (Wildman–Crippen MR) is 105 cm³/mol. The Balaban J connectivity index is 1.35. The molecule has 2 aliphatic rings. The van der Waals surface area contributed by atoms with Gasteiger partial charge in [0.15, 0.2) is 0 Å². The molecule has 4 rings (SSSR count). The molecule has 0 bridgehead atoms. The second-order valence-electron chi connectivity index (χ2n) is 6.97. The summed E-state index contributed by atoms with van der Waals surface area (Å²) in [5.41, 5.74) is 2.23. The molecule has 2 aliphatic heterocycles. The van der Waals surface area contributed by atoms with E-state index in [4.69, 9.17) is 9.47 Å². The number of hydrogen-bond acceptors (Lipinski definition) is 5. The molecular formula is C21H24FN3O3. The summed E-state index contributed by atoms with van der Waals surface area (Å²) in [6.45, 7) is 4.17. The Bertz CT molecular complexity index is 812. The fourth-order valence-electron chi connectivity index (χ4n) is 3.54. The van der Waals surface area contributed by atoms with Crippen LogP contribution in [0.15, 0.2) is 48.5 Å². The van der Waals surface area contributed by atoms with Gasteiger partial charge in [0.05, 0.1) is 31.1 Å². The molecule has 0 aromatic heterocycles. The lowest BCUT2D eigenvalue weighted by Crippen LogP contribution is -2.36. The second kappa shape index (κ2) is 8.58. The van der Waals surface area contributed by atoms with E-state index in [-0.39, 0.29) is 11.9 Å². The Morgan fingerprint density at radius 3 is 2.64 bits per heavy atom. The largest absolute Gasteiger partial charge is 0.443 e. The minimum atomic E-state index is -0.440. The zero-order valence-corrected chi connectivity index (χ0v) is 15.6. The topological polar surface area (TPSA) is 54.0 Å². The van der Waals surface area contributed by atoms with E-state index in [0.717, 1.165) is 0 Å². The van der Waals surface area contributed by atoms with Crippen LogP contribution in [0.4, 0.5) is 20.6 Å². The maximum atomic E-state index is 14.6. The van der Waals surface area contributed by atoms with Crippen LogP contribution in [0.1, 0.15) is 5.56 Å². The van der Waals surface area contributed by atoms with Gasteiger partial charge in [-0.25, -0.2) is 9.18 Å². The number of hydrogen-bond donors (Lipinski definition) is 1. The van der Waals surface area contributed by atoms with Crippen LogP contribution in [0.25, 0.3) is 0 Å². The lowest BCUT2D eigenvalue weighted by molar-refractivity contribution is 0.122. The molecule has 1 N–H and O–H groups in total. The van der Waals surface area contributed by atoms with Crippen molar-refractivity contribution in [1.82, 2.24) is 5.32 Å². The summed E-state index contributed by atoms with van der Waals surface area (Å²) < 4.78 is 25.4. The van der Waals surface area contributed by atoms with E-state index < -0.39 is 6.09 Å². The summed E-state index contributed by atoms with van der Waals surface area (Å²) in [6, 6.07) is 14.9. The summed E-state index contributed by atoms with van der Waals surface area (Å²) in [6.07, 6.45) is -0.705. The second-order valence-corrected chi connectivity index (χ2v) is 6.97. The third kappa shape index (κ3) is 4.26. The van der Waals surface area contributed by atoms with Gasteiger partial charge in [-0.2, -0.15) is 0 Å². The number of nitrogens with one attached hydrogen (secondary N) is 1. The number of halogens is 1. The van der Waals surface area contributed by atoms with Crippen molar-refractivity contribution in [3.05, 3.63) is 59.9 Å². The number of carbonyl (C=O) groups is 1. The van der Waals surface area contributed by atoms with Crippen molar-refractivity contribution >= 4 is 17.5 Å². The number of cyclic esters (lactones) is 1. The third-order valence-electron chi connectivity index (χ3n) is 5.01. The van der Waals surface area contributed by atoms with Crippen molar-refractivity contribution < 1.29 is 18.7 Å². The standard InChI is InChI=1S/C21H24FN3O3/c22-19-12-17(6-7-20(19)24-8-10-27-11-9-24)25-15-18(28-21(25)26)14-23-13-16-4-2-1-3-5-16/h1-7,12,18,23H,8-11,13-15H2/t18-/m0/s1. The maximum absolute atomic E-state index is 14.6. The van der Waals surface area contributed by atoms with Gasteiger partial charge in [-0.3, -0.25) is 4.90 Å². The quantitative estimate of drug-likeness (QED) is 0.829. The maximum Gasteiger partial charge on any atom is 0.414 e. The van der Waals surface area contributed by atoms with Crippen molar-refractivity contribution in [2.24, 2.45) is 0 Å². The summed E-state index contributed by atoms with van der Waals surface area (Å²) >= 11 is 0. The number of morpholine rings is 1. The van der Waals surface area contributed by atoms with Gasteiger partial charge >= 0.3 is 6.09 Å². The van der Waals surface area contributed by atoms with Gasteiger partial charge in [0.25, 0.3) is 0 Å². The lowest BCUT2D eigenvalue weighted by atomic mass is 10.2. The number of anilines is 2. The fourth-order valence-corrected chi connectivity index (χ4v) is 3.54. The number of nitrogens with zero attached hydrogens (tertiary/aromatic N) is 2. The lowest BCUT2D eigenvalue weighted by Gasteiger charge is -2.29. The van der Waals surface area contributed by atoms with Gasteiger partial charge in [-0.1, -0.05) is 30.3 Å². The molecule has 6 nitrogen and oxygen atoms in total. The first-order valence-corrected chi connectivity index (χ1v) is 9.56. The highest BCUT2D eigenvalue weighted by molar-refractivity contribution is 5.90. The Kier molecular flexibility index (Phi) is 5.73. The highest BCUT2D eigenvalue weighted by atomic mass is 19.1. The molecule has 1 atom stereocenters.